The molecule has 14 heavy (non-hydrogen) atoms. The van der Waals surface area contributed by atoms with Gasteiger partial charge in [0.25, 0.3) is 0 Å². The number of nitrogens with one attached hydrogen (secondary N) is 1. The van der Waals surface area contributed by atoms with Gasteiger partial charge in [-0.3, -0.25) is 0 Å². The van der Waals surface area contributed by atoms with Crippen molar-refractivity contribution in [2.24, 2.45) is 17.3 Å². The SMILES string of the molecule is CC(C)(C)NCC1CCC1C(C)(C)C. The van der Waals surface area contributed by atoms with Gasteiger partial charge in [-0.1, -0.05) is 20.8 Å². The first kappa shape index (κ1) is 12.0. The van der Waals surface area contributed by atoms with Gasteiger partial charge in [-0.15, -0.1) is 0 Å². The molecule has 0 aromatic rings. The Hall–Kier alpha value is -0.0400. The van der Waals surface area contributed by atoms with Crippen molar-refractivity contribution in [2.45, 2.75) is 59.9 Å². The van der Waals surface area contributed by atoms with E-state index in [4.69, 9.17) is 0 Å². The van der Waals surface area contributed by atoms with E-state index in [9.17, 15) is 0 Å². The van der Waals surface area contributed by atoms with Crippen LogP contribution < -0.4 is 5.32 Å². The van der Waals surface area contributed by atoms with Crippen LogP contribution in [0.5, 0.6) is 0 Å². The van der Waals surface area contributed by atoms with Crippen molar-refractivity contribution >= 4 is 0 Å². The van der Waals surface area contributed by atoms with E-state index in [0.717, 1.165) is 11.8 Å². The fourth-order valence-electron chi connectivity index (χ4n) is 2.39. The zero-order chi connectivity index (χ0) is 11.0. The third-order valence-corrected chi connectivity index (χ3v) is 3.42. The average molecular weight is 197 g/mol. The van der Waals surface area contributed by atoms with Crippen LogP contribution in [0.25, 0.3) is 0 Å². The van der Waals surface area contributed by atoms with Crippen LogP contribution >= 0.6 is 0 Å². The summed E-state index contributed by atoms with van der Waals surface area (Å²) in [5.74, 6) is 1.84. The van der Waals surface area contributed by atoms with Gasteiger partial charge in [-0.25, -0.2) is 0 Å². The summed E-state index contributed by atoms with van der Waals surface area (Å²) in [5.41, 5.74) is 0.778. The largest absolute Gasteiger partial charge is 0.312 e. The molecule has 0 radical (unpaired) electrons. The van der Waals surface area contributed by atoms with E-state index in [1.54, 1.807) is 0 Å². The molecule has 0 spiro atoms. The lowest BCUT2D eigenvalue weighted by Crippen LogP contribution is -2.46. The van der Waals surface area contributed by atoms with Gasteiger partial charge in [-0.05, 0) is 57.4 Å². The summed E-state index contributed by atoms with van der Waals surface area (Å²) >= 11 is 0. The maximum atomic E-state index is 3.63. The predicted molar refractivity (Wildman–Crippen MR) is 63.4 cm³/mol. The van der Waals surface area contributed by atoms with Gasteiger partial charge in [0.2, 0.25) is 0 Å². The minimum absolute atomic E-state index is 0.276. The van der Waals surface area contributed by atoms with E-state index in [1.165, 1.54) is 19.4 Å². The molecule has 0 aromatic carbocycles. The molecule has 2 unspecified atom stereocenters. The highest BCUT2D eigenvalue weighted by Gasteiger charge is 2.38. The van der Waals surface area contributed by atoms with Crippen LogP contribution in [-0.4, -0.2) is 12.1 Å². The summed E-state index contributed by atoms with van der Waals surface area (Å²) in [4.78, 5) is 0. The Bertz CT molecular complexity index is 182. The highest BCUT2D eigenvalue weighted by molar-refractivity contribution is 4.90. The first-order valence-corrected chi connectivity index (χ1v) is 5.95. The Balaban J connectivity index is 2.34. The van der Waals surface area contributed by atoms with Crippen molar-refractivity contribution < 1.29 is 0 Å². The summed E-state index contributed by atoms with van der Waals surface area (Å²) in [6.07, 6.45) is 2.85. The number of hydrogen-bond acceptors (Lipinski definition) is 1. The maximum Gasteiger partial charge on any atom is 0.00966 e. The molecule has 0 saturated heterocycles. The molecule has 1 saturated carbocycles. The normalized spacial score (nSPS) is 28.7. The molecule has 0 heterocycles. The Morgan fingerprint density at radius 1 is 1.00 bits per heavy atom. The third kappa shape index (κ3) is 3.27. The Labute approximate surface area is 89.7 Å². The lowest BCUT2D eigenvalue weighted by molar-refractivity contribution is 0.0518. The molecule has 0 bridgehead atoms. The molecule has 1 nitrogen and oxygen atoms in total. The smallest absolute Gasteiger partial charge is 0.00966 e. The van der Waals surface area contributed by atoms with E-state index in [-0.39, 0.29) is 5.54 Å². The molecule has 84 valence electrons. The van der Waals surface area contributed by atoms with Gasteiger partial charge < -0.3 is 5.32 Å². The number of rotatable bonds is 2. The van der Waals surface area contributed by atoms with Crippen molar-refractivity contribution in [3.8, 4) is 0 Å². The van der Waals surface area contributed by atoms with Crippen LogP contribution in [0.15, 0.2) is 0 Å². The average Bonchev–Trinajstić information content (AvgIpc) is 1.76. The molecule has 1 rings (SSSR count). The highest BCUT2D eigenvalue weighted by Crippen LogP contribution is 2.45. The second-order valence-corrected chi connectivity index (χ2v) is 6.94. The van der Waals surface area contributed by atoms with Gasteiger partial charge in [-0.2, -0.15) is 0 Å². The van der Waals surface area contributed by atoms with Crippen molar-refractivity contribution in [1.82, 2.24) is 5.32 Å². The van der Waals surface area contributed by atoms with Crippen molar-refractivity contribution in [2.75, 3.05) is 6.54 Å². The quantitative estimate of drug-likeness (QED) is 0.715. The molecule has 1 N–H and O–H groups in total. The lowest BCUT2D eigenvalue weighted by atomic mass is 9.61. The van der Waals surface area contributed by atoms with Crippen LogP contribution in [-0.2, 0) is 0 Å². The van der Waals surface area contributed by atoms with Gasteiger partial charge in [0.1, 0.15) is 0 Å². The summed E-state index contributed by atoms with van der Waals surface area (Å²) < 4.78 is 0. The molecule has 0 amide bonds. The highest BCUT2D eigenvalue weighted by atomic mass is 14.9. The minimum atomic E-state index is 0.276. The zero-order valence-electron chi connectivity index (χ0n) is 10.8. The Morgan fingerprint density at radius 2 is 1.57 bits per heavy atom. The van der Waals surface area contributed by atoms with Crippen LogP contribution in [0.1, 0.15) is 54.4 Å². The minimum Gasteiger partial charge on any atom is -0.312 e. The molecule has 1 aliphatic rings. The summed E-state index contributed by atoms with van der Waals surface area (Å²) in [6, 6.07) is 0. The summed E-state index contributed by atoms with van der Waals surface area (Å²) in [7, 11) is 0. The van der Waals surface area contributed by atoms with E-state index < -0.39 is 0 Å². The molecular formula is C13H27N. The molecule has 1 heteroatoms. The summed E-state index contributed by atoms with van der Waals surface area (Å²) in [5, 5.41) is 3.63. The topological polar surface area (TPSA) is 12.0 Å². The van der Waals surface area contributed by atoms with Crippen LogP contribution in [0, 0.1) is 17.3 Å². The van der Waals surface area contributed by atoms with Crippen LogP contribution in [0.2, 0.25) is 0 Å². The maximum absolute atomic E-state index is 3.63. The van der Waals surface area contributed by atoms with Gasteiger partial charge >= 0.3 is 0 Å². The van der Waals surface area contributed by atoms with Gasteiger partial charge in [0.05, 0.1) is 0 Å². The Kier molecular flexibility index (Phi) is 3.30. The van der Waals surface area contributed by atoms with Crippen molar-refractivity contribution in [3.05, 3.63) is 0 Å². The van der Waals surface area contributed by atoms with E-state index >= 15 is 0 Å². The molecule has 1 fully saturated rings. The summed E-state index contributed by atoms with van der Waals surface area (Å²) in [6.45, 7) is 15.1. The van der Waals surface area contributed by atoms with E-state index in [0.29, 0.717) is 5.41 Å². The van der Waals surface area contributed by atoms with Crippen molar-refractivity contribution in [1.29, 1.82) is 0 Å². The third-order valence-electron chi connectivity index (χ3n) is 3.42. The van der Waals surface area contributed by atoms with E-state index in [2.05, 4.69) is 46.9 Å². The molecule has 2 atom stereocenters. The van der Waals surface area contributed by atoms with Crippen LogP contribution in [0.3, 0.4) is 0 Å². The second kappa shape index (κ2) is 3.84. The Morgan fingerprint density at radius 3 is 1.86 bits per heavy atom. The van der Waals surface area contributed by atoms with Gasteiger partial charge in [0, 0.05) is 5.54 Å². The molecular weight excluding hydrogens is 170 g/mol. The van der Waals surface area contributed by atoms with E-state index in [1.807, 2.05) is 0 Å². The first-order chi connectivity index (χ1) is 6.20. The van der Waals surface area contributed by atoms with Gasteiger partial charge in [0.15, 0.2) is 0 Å². The molecule has 0 aromatic heterocycles. The fourth-order valence-corrected chi connectivity index (χ4v) is 2.39. The van der Waals surface area contributed by atoms with Crippen LogP contribution in [0.4, 0.5) is 0 Å². The first-order valence-electron chi connectivity index (χ1n) is 5.95. The molecule has 1 aliphatic carbocycles. The number of hydrogen-bond donors (Lipinski definition) is 1. The molecule has 0 aliphatic heterocycles. The standard InChI is InChI=1S/C13H27N/c1-12(2,3)11-8-7-10(11)9-14-13(4,5)6/h10-11,14H,7-9H2,1-6H3. The van der Waals surface area contributed by atoms with Crippen molar-refractivity contribution in [3.63, 3.8) is 0 Å². The zero-order valence-corrected chi connectivity index (χ0v) is 10.8. The monoisotopic (exact) mass is 197 g/mol. The predicted octanol–water partition coefficient (Wildman–Crippen LogP) is 3.45. The second-order valence-electron chi connectivity index (χ2n) is 6.94. The lowest BCUT2D eigenvalue weighted by Gasteiger charge is -2.46. The fraction of sp³-hybridized carbons (Fsp3) is 1.00.